The first-order valence-electron chi connectivity index (χ1n) is 7.22. The average Bonchev–Trinajstić information content (AvgIpc) is 3.22. The quantitative estimate of drug-likeness (QED) is 0.557. The summed E-state index contributed by atoms with van der Waals surface area (Å²) >= 11 is 1.46. The molecule has 0 radical (unpaired) electrons. The number of pyridine rings is 1. The third-order valence-electron chi connectivity index (χ3n) is 3.39. The van der Waals surface area contributed by atoms with Crippen LogP contribution >= 0.6 is 11.3 Å². The zero-order valence-electron chi connectivity index (χ0n) is 12.8. The van der Waals surface area contributed by atoms with Crippen LogP contribution in [0.1, 0.15) is 5.82 Å². The Labute approximate surface area is 141 Å². The highest BCUT2D eigenvalue weighted by Crippen LogP contribution is 2.25. The number of ether oxygens (including phenoxy) is 2. The van der Waals surface area contributed by atoms with Gasteiger partial charge < -0.3 is 9.47 Å². The lowest BCUT2D eigenvalue weighted by molar-refractivity contribution is 0.292. The molecule has 0 bridgehead atoms. The summed E-state index contributed by atoms with van der Waals surface area (Å²) in [5.41, 5.74) is 0.954. The van der Waals surface area contributed by atoms with E-state index in [-0.39, 0.29) is 6.61 Å². The fourth-order valence-corrected chi connectivity index (χ4v) is 3.02. The van der Waals surface area contributed by atoms with E-state index in [4.69, 9.17) is 9.47 Å². The van der Waals surface area contributed by atoms with Gasteiger partial charge >= 0.3 is 0 Å². The molecule has 120 valence electrons. The van der Waals surface area contributed by atoms with Crippen LogP contribution in [0.2, 0.25) is 0 Å². The van der Waals surface area contributed by atoms with Crippen LogP contribution in [0.25, 0.3) is 15.5 Å². The van der Waals surface area contributed by atoms with Crippen molar-refractivity contribution in [1.82, 2.24) is 24.8 Å². The second-order valence-corrected chi connectivity index (χ2v) is 5.88. The molecule has 7 nitrogen and oxygen atoms in total. The highest BCUT2D eigenvalue weighted by atomic mass is 32.1. The molecule has 4 rings (SSSR count). The summed E-state index contributed by atoms with van der Waals surface area (Å²) in [6.07, 6.45) is 3.51. The van der Waals surface area contributed by atoms with Crippen molar-refractivity contribution in [2.45, 2.75) is 6.61 Å². The molecule has 0 N–H and O–H groups in total. The molecule has 0 saturated heterocycles. The van der Waals surface area contributed by atoms with Gasteiger partial charge in [-0.2, -0.15) is 9.61 Å². The predicted octanol–water partition coefficient (Wildman–Crippen LogP) is 2.84. The Kier molecular flexibility index (Phi) is 3.80. The highest BCUT2D eigenvalue weighted by Gasteiger charge is 2.13. The summed E-state index contributed by atoms with van der Waals surface area (Å²) in [6.45, 7) is 0.281. The molecule has 0 fully saturated rings. The minimum Gasteiger partial charge on any atom is -0.497 e. The van der Waals surface area contributed by atoms with Crippen molar-refractivity contribution in [1.29, 1.82) is 0 Å². The number of methoxy groups -OCH3 is 1. The molecule has 4 aromatic rings. The predicted molar refractivity (Wildman–Crippen MR) is 89.2 cm³/mol. The van der Waals surface area contributed by atoms with Crippen LogP contribution in [0.4, 0.5) is 0 Å². The smallest absolute Gasteiger partial charge is 0.235 e. The molecule has 1 aromatic carbocycles. The number of aromatic nitrogens is 5. The summed E-state index contributed by atoms with van der Waals surface area (Å²) in [5, 5.41) is 13.7. The number of nitrogens with zero attached hydrogens (tertiary/aromatic N) is 5. The van der Waals surface area contributed by atoms with Gasteiger partial charge in [0.2, 0.25) is 4.96 Å². The van der Waals surface area contributed by atoms with Crippen LogP contribution in [0.15, 0.2) is 48.8 Å². The average molecular weight is 339 g/mol. The molecular weight excluding hydrogens is 326 g/mol. The molecule has 0 aliphatic heterocycles. The highest BCUT2D eigenvalue weighted by molar-refractivity contribution is 7.19. The molecule has 0 aliphatic rings. The van der Waals surface area contributed by atoms with E-state index >= 15 is 0 Å². The number of rotatable bonds is 5. The van der Waals surface area contributed by atoms with E-state index in [2.05, 4.69) is 20.3 Å². The molecule has 24 heavy (non-hydrogen) atoms. The van der Waals surface area contributed by atoms with Crippen LogP contribution in [-0.2, 0) is 6.61 Å². The molecule has 0 spiro atoms. The lowest BCUT2D eigenvalue weighted by Gasteiger charge is -2.05. The monoisotopic (exact) mass is 339 g/mol. The van der Waals surface area contributed by atoms with Gasteiger partial charge in [-0.05, 0) is 36.4 Å². The SMILES string of the molecule is COc1ccc(OCc2nnc3sc(-c4cccnc4)nn23)cc1. The van der Waals surface area contributed by atoms with Crippen LogP contribution in [0.5, 0.6) is 11.5 Å². The van der Waals surface area contributed by atoms with E-state index < -0.39 is 0 Å². The van der Waals surface area contributed by atoms with Crippen molar-refractivity contribution < 1.29 is 9.47 Å². The zero-order chi connectivity index (χ0) is 16.4. The maximum absolute atomic E-state index is 5.75. The van der Waals surface area contributed by atoms with Crippen molar-refractivity contribution in [3.8, 4) is 22.1 Å². The third-order valence-corrected chi connectivity index (χ3v) is 4.34. The number of hydrogen-bond donors (Lipinski definition) is 0. The Bertz CT molecular complexity index is 950. The van der Waals surface area contributed by atoms with Gasteiger partial charge in [-0.1, -0.05) is 11.3 Å². The minimum absolute atomic E-state index is 0.281. The van der Waals surface area contributed by atoms with Gasteiger partial charge in [-0.3, -0.25) is 4.98 Å². The van der Waals surface area contributed by atoms with Crippen LogP contribution < -0.4 is 9.47 Å². The summed E-state index contributed by atoms with van der Waals surface area (Å²) < 4.78 is 12.6. The topological polar surface area (TPSA) is 74.4 Å². The number of fused-ring (bicyclic) bond motifs is 1. The second kappa shape index (κ2) is 6.25. The number of hydrogen-bond acceptors (Lipinski definition) is 7. The molecule has 0 unspecified atom stereocenters. The van der Waals surface area contributed by atoms with Crippen LogP contribution in [0.3, 0.4) is 0 Å². The summed E-state index contributed by atoms with van der Waals surface area (Å²) in [5.74, 6) is 2.16. The molecule has 8 heteroatoms. The Balaban J connectivity index is 1.55. The van der Waals surface area contributed by atoms with Crippen molar-refractivity contribution in [3.05, 3.63) is 54.6 Å². The number of benzene rings is 1. The first-order valence-corrected chi connectivity index (χ1v) is 8.03. The maximum Gasteiger partial charge on any atom is 0.235 e. The Morgan fingerprint density at radius 1 is 1.08 bits per heavy atom. The van der Waals surface area contributed by atoms with Gasteiger partial charge in [0, 0.05) is 18.0 Å². The molecule has 0 atom stereocenters. The fourth-order valence-electron chi connectivity index (χ4n) is 2.17. The van der Waals surface area contributed by atoms with E-state index in [0.717, 1.165) is 27.0 Å². The van der Waals surface area contributed by atoms with Gasteiger partial charge in [0.1, 0.15) is 23.1 Å². The van der Waals surface area contributed by atoms with E-state index in [0.29, 0.717) is 5.82 Å². The van der Waals surface area contributed by atoms with Crippen molar-refractivity contribution >= 4 is 16.3 Å². The molecule has 0 saturated carbocycles. The van der Waals surface area contributed by atoms with E-state index in [1.165, 1.54) is 11.3 Å². The lowest BCUT2D eigenvalue weighted by Crippen LogP contribution is -2.02. The van der Waals surface area contributed by atoms with Crippen molar-refractivity contribution in [3.63, 3.8) is 0 Å². The summed E-state index contributed by atoms with van der Waals surface area (Å²) in [4.78, 5) is 4.84. The maximum atomic E-state index is 5.75. The van der Waals surface area contributed by atoms with E-state index in [9.17, 15) is 0 Å². The summed E-state index contributed by atoms with van der Waals surface area (Å²) in [7, 11) is 1.63. The Morgan fingerprint density at radius 2 is 1.92 bits per heavy atom. The molecule has 3 aromatic heterocycles. The van der Waals surface area contributed by atoms with Crippen molar-refractivity contribution in [2.75, 3.05) is 7.11 Å². The van der Waals surface area contributed by atoms with Gasteiger partial charge in [0.25, 0.3) is 0 Å². The molecule has 0 aliphatic carbocycles. The third kappa shape index (κ3) is 2.79. The fraction of sp³-hybridized carbons (Fsp3) is 0.125. The first kappa shape index (κ1) is 14.6. The van der Waals surface area contributed by atoms with Crippen LogP contribution in [0, 0.1) is 0 Å². The molecule has 3 heterocycles. The zero-order valence-corrected chi connectivity index (χ0v) is 13.6. The normalized spacial score (nSPS) is 10.9. The van der Waals surface area contributed by atoms with Gasteiger partial charge in [-0.15, -0.1) is 10.2 Å². The van der Waals surface area contributed by atoms with Gasteiger partial charge in [0.05, 0.1) is 7.11 Å². The minimum atomic E-state index is 0.281. The van der Waals surface area contributed by atoms with E-state index in [1.54, 1.807) is 24.0 Å². The van der Waals surface area contributed by atoms with E-state index in [1.807, 2.05) is 36.4 Å². The van der Waals surface area contributed by atoms with Gasteiger partial charge in [-0.25, -0.2) is 0 Å². The standard InChI is InChI=1S/C16H13N5O2S/c1-22-12-4-6-13(7-5-12)23-10-14-18-19-16-21(14)20-15(24-16)11-3-2-8-17-9-11/h2-9H,10H2,1H3. The Hall–Kier alpha value is -3.00. The first-order chi connectivity index (χ1) is 11.8. The second-order valence-electron chi connectivity index (χ2n) is 4.92. The molecular formula is C16H13N5O2S. The molecule has 0 amide bonds. The largest absolute Gasteiger partial charge is 0.497 e. The Morgan fingerprint density at radius 3 is 2.67 bits per heavy atom. The van der Waals surface area contributed by atoms with Crippen LogP contribution in [-0.4, -0.2) is 31.9 Å². The van der Waals surface area contributed by atoms with Gasteiger partial charge in [0.15, 0.2) is 5.82 Å². The lowest BCUT2D eigenvalue weighted by atomic mass is 10.3. The summed E-state index contributed by atoms with van der Waals surface area (Å²) in [6, 6.07) is 11.2. The van der Waals surface area contributed by atoms with Crippen molar-refractivity contribution in [2.24, 2.45) is 0 Å².